The van der Waals surface area contributed by atoms with Crippen molar-refractivity contribution >= 4 is 0 Å². The van der Waals surface area contributed by atoms with Gasteiger partial charge in [-0.15, -0.1) is 0 Å². The average Bonchev–Trinajstić information content (AvgIpc) is 2.39. The van der Waals surface area contributed by atoms with Crippen molar-refractivity contribution < 1.29 is 0 Å². The van der Waals surface area contributed by atoms with E-state index in [-0.39, 0.29) is 0 Å². The van der Waals surface area contributed by atoms with Gasteiger partial charge in [0.25, 0.3) is 0 Å². The van der Waals surface area contributed by atoms with Gasteiger partial charge in [-0.3, -0.25) is 0 Å². The fraction of sp³-hybridized carbons (Fsp3) is 1.00. The molecule has 2 nitrogen and oxygen atoms in total. The van der Waals surface area contributed by atoms with Crippen molar-refractivity contribution in [1.29, 1.82) is 0 Å². The molecular formula is C9H20N2. The SMILES string of the molecule is CCN(CC)[C@H]1CC[C@@H](N)C1. The van der Waals surface area contributed by atoms with Gasteiger partial charge in [0, 0.05) is 12.1 Å². The van der Waals surface area contributed by atoms with E-state index in [2.05, 4.69) is 18.7 Å². The Bertz CT molecular complexity index is 110. The van der Waals surface area contributed by atoms with Crippen LogP contribution in [-0.4, -0.2) is 30.1 Å². The molecule has 0 amide bonds. The third-order valence-electron chi connectivity index (χ3n) is 2.77. The van der Waals surface area contributed by atoms with Crippen molar-refractivity contribution in [3.8, 4) is 0 Å². The van der Waals surface area contributed by atoms with Crippen LogP contribution in [0.2, 0.25) is 0 Å². The summed E-state index contributed by atoms with van der Waals surface area (Å²) >= 11 is 0. The maximum Gasteiger partial charge on any atom is 0.0110 e. The molecule has 0 spiro atoms. The van der Waals surface area contributed by atoms with Crippen molar-refractivity contribution in [2.75, 3.05) is 13.1 Å². The van der Waals surface area contributed by atoms with Gasteiger partial charge in [-0.05, 0) is 32.4 Å². The maximum absolute atomic E-state index is 5.85. The molecule has 0 bridgehead atoms. The summed E-state index contributed by atoms with van der Waals surface area (Å²) in [6, 6.07) is 1.25. The standard InChI is InChI=1S/C9H20N2/c1-3-11(4-2)9-6-5-8(10)7-9/h8-9H,3-7,10H2,1-2H3/t8-,9+/m1/s1. The highest BCUT2D eigenvalue weighted by molar-refractivity contribution is 4.83. The Kier molecular flexibility index (Phi) is 3.34. The van der Waals surface area contributed by atoms with Crippen molar-refractivity contribution in [3.63, 3.8) is 0 Å². The van der Waals surface area contributed by atoms with Crippen LogP contribution < -0.4 is 5.73 Å². The second kappa shape index (κ2) is 4.07. The smallest absolute Gasteiger partial charge is 0.0110 e. The first kappa shape index (κ1) is 9.01. The number of nitrogens with zero attached hydrogens (tertiary/aromatic N) is 1. The van der Waals surface area contributed by atoms with Gasteiger partial charge in [-0.2, -0.15) is 0 Å². The monoisotopic (exact) mass is 156 g/mol. The van der Waals surface area contributed by atoms with Crippen LogP contribution in [0.5, 0.6) is 0 Å². The molecule has 0 saturated heterocycles. The van der Waals surface area contributed by atoms with E-state index < -0.39 is 0 Å². The molecule has 0 aromatic heterocycles. The Morgan fingerprint density at radius 1 is 1.27 bits per heavy atom. The summed E-state index contributed by atoms with van der Waals surface area (Å²) < 4.78 is 0. The van der Waals surface area contributed by atoms with Gasteiger partial charge >= 0.3 is 0 Å². The first-order valence-corrected chi connectivity index (χ1v) is 4.77. The van der Waals surface area contributed by atoms with Gasteiger partial charge in [0.1, 0.15) is 0 Å². The molecule has 0 heterocycles. The van der Waals surface area contributed by atoms with E-state index in [0.29, 0.717) is 6.04 Å². The molecule has 1 aliphatic carbocycles. The Morgan fingerprint density at radius 3 is 2.27 bits per heavy atom. The molecule has 0 aromatic rings. The summed E-state index contributed by atoms with van der Waals surface area (Å²) in [7, 11) is 0. The van der Waals surface area contributed by atoms with Crippen LogP contribution in [0.25, 0.3) is 0 Å². The van der Waals surface area contributed by atoms with Crippen LogP contribution in [0.15, 0.2) is 0 Å². The summed E-state index contributed by atoms with van der Waals surface area (Å²) in [5, 5.41) is 0. The molecule has 1 saturated carbocycles. The molecule has 66 valence electrons. The largest absolute Gasteiger partial charge is 0.328 e. The Balaban J connectivity index is 2.34. The zero-order chi connectivity index (χ0) is 8.27. The Hall–Kier alpha value is -0.0800. The molecular weight excluding hydrogens is 136 g/mol. The lowest BCUT2D eigenvalue weighted by Gasteiger charge is -2.25. The number of hydrogen-bond donors (Lipinski definition) is 1. The molecule has 2 heteroatoms. The fourth-order valence-corrected chi connectivity index (χ4v) is 2.06. The highest BCUT2D eigenvalue weighted by atomic mass is 15.1. The minimum Gasteiger partial charge on any atom is -0.328 e. The summed E-state index contributed by atoms with van der Waals surface area (Å²) in [5.74, 6) is 0. The quantitative estimate of drug-likeness (QED) is 0.665. The number of hydrogen-bond acceptors (Lipinski definition) is 2. The van der Waals surface area contributed by atoms with E-state index in [1.54, 1.807) is 0 Å². The third-order valence-corrected chi connectivity index (χ3v) is 2.77. The minimum absolute atomic E-state index is 0.473. The molecule has 2 atom stereocenters. The predicted molar refractivity (Wildman–Crippen MR) is 48.5 cm³/mol. The molecule has 0 aromatic carbocycles. The van der Waals surface area contributed by atoms with Gasteiger partial charge in [-0.1, -0.05) is 13.8 Å². The lowest BCUT2D eigenvalue weighted by atomic mass is 10.2. The average molecular weight is 156 g/mol. The first-order chi connectivity index (χ1) is 5.27. The number of rotatable bonds is 3. The second-order valence-corrected chi connectivity index (χ2v) is 3.45. The lowest BCUT2D eigenvalue weighted by molar-refractivity contribution is 0.219. The van der Waals surface area contributed by atoms with E-state index >= 15 is 0 Å². The van der Waals surface area contributed by atoms with Crippen LogP contribution in [0, 0.1) is 0 Å². The van der Waals surface area contributed by atoms with Crippen LogP contribution in [0.3, 0.4) is 0 Å². The van der Waals surface area contributed by atoms with E-state index in [1.807, 2.05) is 0 Å². The van der Waals surface area contributed by atoms with Gasteiger partial charge in [0.2, 0.25) is 0 Å². The maximum atomic E-state index is 5.85. The van der Waals surface area contributed by atoms with Gasteiger partial charge < -0.3 is 10.6 Å². The van der Waals surface area contributed by atoms with Crippen LogP contribution in [0.1, 0.15) is 33.1 Å². The molecule has 1 aliphatic rings. The van der Waals surface area contributed by atoms with Gasteiger partial charge in [0.15, 0.2) is 0 Å². The lowest BCUT2D eigenvalue weighted by Crippen LogP contribution is -2.34. The molecule has 0 aliphatic heterocycles. The van der Waals surface area contributed by atoms with E-state index in [1.165, 1.54) is 32.4 Å². The fourth-order valence-electron chi connectivity index (χ4n) is 2.06. The zero-order valence-corrected chi connectivity index (χ0v) is 7.71. The normalized spacial score (nSPS) is 31.6. The Labute approximate surface area is 69.8 Å². The van der Waals surface area contributed by atoms with Crippen molar-refractivity contribution in [2.24, 2.45) is 5.73 Å². The highest BCUT2D eigenvalue weighted by Gasteiger charge is 2.24. The zero-order valence-electron chi connectivity index (χ0n) is 7.71. The number of nitrogens with two attached hydrogens (primary N) is 1. The molecule has 0 radical (unpaired) electrons. The minimum atomic E-state index is 0.473. The van der Waals surface area contributed by atoms with Crippen LogP contribution in [0.4, 0.5) is 0 Å². The predicted octanol–water partition coefficient (Wildman–Crippen LogP) is 1.21. The van der Waals surface area contributed by atoms with Crippen molar-refractivity contribution in [3.05, 3.63) is 0 Å². The second-order valence-electron chi connectivity index (χ2n) is 3.45. The van der Waals surface area contributed by atoms with Crippen LogP contribution in [-0.2, 0) is 0 Å². The summed E-state index contributed by atoms with van der Waals surface area (Å²) in [6.07, 6.45) is 3.74. The van der Waals surface area contributed by atoms with Gasteiger partial charge in [-0.25, -0.2) is 0 Å². The summed E-state index contributed by atoms with van der Waals surface area (Å²) in [4.78, 5) is 2.52. The first-order valence-electron chi connectivity index (χ1n) is 4.77. The highest BCUT2D eigenvalue weighted by Crippen LogP contribution is 2.22. The molecule has 11 heavy (non-hydrogen) atoms. The summed E-state index contributed by atoms with van der Waals surface area (Å²) in [5.41, 5.74) is 5.85. The molecule has 1 fully saturated rings. The topological polar surface area (TPSA) is 29.3 Å². The molecule has 1 rings (SSSR count). The van der Waals surface area contributed by atoms with Crippen LogP contribution >= 0.6 is 0 Å². The van der Waals surface area contributed by atoms with Crippen molar-refractivity contribution in [2.45, 2.75) is 45.2 Å². The van der Waals surface area contributed by atoms with E-state index in [9.17, 15) is 0 Å². The van der Waals surface area contributed by atoms with E-state index in [4.69, 9.17) is 5.73 Å². The van der Waals surface area contributed by atoms with Crippen molar-refractivity contribution in [1.82, 2.24) is 4.90 Å². The molecule has 2 N–H and O–H groups in total. The van der Waals surface area contributed by atoms with Gasteiger partial charge in [0.05, 0.1) is 0 Å². The Morgan fingerprint density at radius 2 is 1.91 bits per heavy atom. The third kappa shape index (κ3) is 2.17. The summed E-state index contributed by atoms with van der Waals surface area (Å²) in [6.45, 7) is 6.81. The molecule has 0 unspecified atom stereocenters. The van der Waals surface area contributed by atoms with E-state index in [0.717, 1.165) is 6.04 Å².